The van der Waals surface area contributed by atoms with Gasteiger partial charge in [0.25, 0.3) is 0 Å². The van der Waals surface area contributed by atoms with E-state index in [1.54, 1.807) is 11.3 Å². The van der Waals surface area contributed by atoms with Crippen LogP contribution in [0.2, 0.25) is 0 Å². The van der Waals surface area contributed by atoms with E-state index in [1.807, 2.05) is 30.9 Å². The molecule has 230 valence electrons. The molecule has 0 aliphatic carbocycles. The lowest BCUT2D eigenvalue weighted by Crippen LogP contribution is -2.25. The predicted molar refractivity (Wildman–Crippen MR) is 185 cm³/mol. The molecule has 0 fully saturated rings. The van der Waals surface area contributed by atoms with Crippen LogP contribution < -0.4 is 9.47 Å². The summed E-state index contributed by atoms with van der Waals surface area (Å²) < 4.78 is 27.1. The standard InChI is InChI=1S/C36H36N3O4PS/c1-20-14-27-34(45-35(38-27)25-9-7-8-22(15-25)23-10-12-28-26(16-23)18-37-39(28)6)33(32(20)31(19-40-44)43-36(3,4)5)24-11-13-29-30(17-24)42-21(2)41-29/h7-18,21,31H,19,44H2,1-6H3/t21?,31-/m1/s1. The summed E-state index contributed by atoms with van der Waals surface area (Å²) in [6.07, 6.45) is 1.28. The molecule has 1 aliphatic rings. The van der Waals surface area contributed by atoms with Crippen LogP contribution in [0.1, 0.15) is 44.9 Å². The Balaban J connectivity index is 1.39. The summed E-state index contributed by atoms with van der Waals surface area (Å²) >= 11 is 1.69. The molecule has 9 heteroatoms. The van der Waals surface area contributed by atoms with Gasteiger partial charge in [-0.3, -0.25) is 4.68 Å². The van der Waals surface area contributed by atoms with Crippen molar-refractivity contribution in [2.24, 2.45) is 7.05 Å². The average Bonchev–Trinajstić information content (AvgIpc) is 3.70. The number of aryl methyl sites for hydroxylation is 2. The van der Waals surface area contributed by atoms with Crippen LogP contribution in [0.4, 0.5) is 0 Å². The molecule has 4 aromatic carbocycles. The molecule has 0 N–H and O–H groups in total. The Morgan fingerprint density at radius 3 is 2.51 bits per heavy atom. The summed E-state index contributed by atoms with van der Waals surface area (Å²) in [5.41, 5.74) is 9.30. The maximum absolute atomic E-state index is 6.64. The predicted octanol–water partition coefficient (Wildman–Crippen LogP) is 9.27. The minimum atomic E-state index is -0.380. The highest BCUT2D eigenvalue weighted by atomic mass is 32.1. The second-order valence-electron chi connectivity index (χ2n) is 12.5. The molecular weight excluding hydrogens is 601 g/mol. The summed E-state index contributed by atoms with van der Waals surface area (Å²) in [7, 11) is 4.34. The molecule has 7 nitrogen and oxygen atoms in total. The molecule has 0 radical (unpaired) electrons. The highest BCUT2D eigenvalue weighted by Crippen LogP contribution is 2.47. The fourth-order valence-electron chi connectivity index (χ4n) is 6.14. The van der Waals surface area contributed by atoms with Crippen LogP contribution >= 0.6 is 20.8 Å². The molecule has 1 aliphatic heterocycles. The highest BCUT2D eigenvalue weighted by molar-refractivity contribution is 7.22. The number of benzene rings is 4. The first kappa shape index (κ1) is 29.9. The second-order valence-corrected chi connectivity index (χ2v) is 13.8. The molecule has 2 aromatic heterocycles. The van der Waals surface area contributed by atoms with Gasteiger partial charge in [-0.1, -0.05) is 30.3 Å². The minimum Gasteiger partial charge on any atom is -0.451 e. The van der Waals surface area contributed by atoms with E-state index >= 15 is 0 Å². The van der Waals surface area contributed by atoms with Crippen LogP contribution in [0.5, 0.6) is 11.5 Å². The fraction of sp³-hybridized carbons (Fsp3) is 0.278. The number of hydrogen-bond acceptors (Lipinski definition) is 7. The van der Waals surface area contributed by atoms with E-state index in [2.05, 4.69) is 103 Å². The summed E-state index contributed by atoms with van der Waals surface area (Å²) in [6.45, 7) is 10.6. The summed E-state index contributed by atoms with van der Waals surface area (Å²) in [5.74, 6) is 1.48. The SMILES string of the molecule is Cc1cc2nc(-c3cccc(-c4ccc5c(cnn5C)c4)c3)sc2c(-c2ccc3c(c2)OC(C)O3)c1[C@@H](COP)OC(C)(C)C. The third kappa shape index (κ3) is 5.72. The number of fused-ring (bicyclic) bond motifs is 3. The van der Waals surface area contributed by atoms with Gasteiger partial charge in [0.1, 0.15) is 11.1 Å². The van der Waals surface area contributed by atoms with Gasteiger partial charge >= 0.3 is 0 Å². The Morgan fingerprint density at radius 1 is 0.956 bits per heavy atom. The van der Waals surface area contributed by atoms with Gasteiger partial charge in [-0.25, -0.2) is 4.98 Å². The number of ether oxygens (including phenoxy) is 3. The van der Waals surface area contributed by atoms with Crippen LogP contribution in [0.25, 0.3) is 53.9 Å². The van der Waals surface area contributed by atoms with Crippen molar-refractivity contribution in [1.29, 1.82) is 0 Å². The number of aromatic nitrogens is 3. The number of hydrogen-bond donors (Lipinski definition) is 0. The van der Waals surface area contributed by atoms with E-state index in [1.165, 1.54) is 0 Å². The van der Waals surface area contributed by atoms with E-state index in [0.29, 0.717) is 6.61 Å². The van der Waals surface area contributed by atoms with E-state index in [-0.39, 0.29) is 18.0 Å². The molecule has 6 aromatic rings. The number of rotatable bonds is 7. The third-order valence-electron chi connectivity index (χ3n) is 8.00. The Hall–Kier alpha value is -3.81. The summed E-state index contributed by atoms with van der Waals surface area (Å²) in [6, 6.07) is 23.4. The first-order chi connectivity index (χ1) is 21.6. The quantitative estimate of drug-likeness (QED) is 0.163. The van der Waals surface area contributed by atoms with Crippen LogP contribution in [0, 0.1) is 6.92 Å². The van der Waals surface area contributed by atoms with Crippen molar-refractivity contribution < 1.29 is 18.7 Å². The Bertz CT molecular complexity index is 2060. The lowest BCUT2D eigenvalue weighted by Gasteiger charge is -2.30. The van der Waals surface area contributed by atoms with Crippen molar-refractivity contribution in [1.82, 2.24) is 14.8 Å². The monoisotopic (exact) mass is 637 g/mol. The maximum Gasteiger partial charge on any atom is 0.238 e. The second kappa shape index (κ2) is 11.5. The molecule has 2 unspecified atom stereocenters. The van der Waals surface area contributed by atoms with Gasteiger partial charge in [0.15, 0.2) is 11.5 Å². The molecule has 0 saturated heterocycles. The summed E-state index contributed by atoms with van der Waals surface area (Å²) in [4.78, 5) is 5.20. The molecule has 45 heavy (non-hydrogen) atoms. The minimum absolute atomic E-state index is 0.303. The van der Waals surface area contributed by atoms with Gasteiger partial charge in [-0.2, -0.15) is 5.10 Å². The first-order valence-corrected chi connectivity index (χ1v) is 16.3. The van der Waals surface area contributed by atoms with Gasteiger partial charge in [-0.05, 0) is 91.9 Å². The zero-order valence-electron chi connectivity index (χ0n) is 26.3. The topological polar surface area (TPSA) is 67.6 Å². The van der Waals surface area contributed by atoms with E-state index in [0.717, 1.165) is 76.6 Å². The van der Waals surface area contributed by atoms with Gasteiger partial charge < -0.3 is 18.7 Å². The lowest BCUT2D eigenvalue weighted by molar-refractivity contribution is -0.0761. The van der Waals surface area contributed by atoms with Crippen molar-refractivity contribution in [3.63, 3.8) is 0 Å². The molecule has 0 amide bonds. The van der Waals surface area contributed by atoms with Crippen molar-refractivity contribution >= 4 is 41.9 Å². The van der Waals surface area contributed by atoms with Crippen LogP contribution in [0.3, 0.4) is 0 Å². The Labute approximate surface area is 269 Å². The van der Waals surface area contributed by atoms with E-state index in [4.69, 9.17) is 23.7 Å². The normalized spacial score (nSPS) is 15.3. The largest absolute Gasteiger partial charge is 0.451 e. The Kier molecular flexibility index (Phi) is 7.65. The zero-order valence-corrected chi connectivity index (χ0v) is 28.2. The Morgan fingerprint density at radius 2 is 1.71 bits per heavy atom. The van der Waals surface area contributed by atoms with Crippen molar-refractivity contribution in [3.8, 4) is 44.3 Å². The van der Waals surface area contributed by atoms with Crippen LogP contribution in [-0.4, -0.2) is 33.3 Å². The highest BCUT2D eigenvalue weighted by Gasteiger charge is 2.29. The summed E-state index contributed by atoms with van der Waals surface area (Å²) in [5, 5.41) is 6.48. The third-order valence-corrected chi connectivity index (χ3v) is 9.33. The zero-order chi connectivity index (χ0) is 31.5. The first-order valence-electron chi connectivity index (χ1n) is 15.0. The van der Waals surface area contributed by atoms with Gasteiger partial charge in [0.05, 0.1) is 34.1 Å². The van der Waals surface area contributed by atoms with Crippen molar-refractivity contribution in [2.75, 3.05) is 6.61 Å². The van der Waals surface area contributed by atoms with Crippen molar-refractivity contribution in [2.45, 2.75) is 52.6 Å². The molecule has 3 heterocycles. The smallest absolute Gasteiger partial charge is 0.238 e. The van der Waals surface area contributed by atoms with Crippen LogP contribution in [-0.2, 0) is 16.3 Å². The van der Waals surface area contributed by atoms with Gasteiger partial charge in [-0.15, -0.1) is 11.3 Å². The molecule has 0 bridgehead atoms. The van der Waals surface area contributed by atoms with E-state index in [9.17, 15) is 0 Å². The maximum atomic E-state index is 6.64. The molecule has 3 atom stereocenters. The van der Waals surface area contributed by atoms with Crippen molar-refractivity contribution in [3.05, 3.63) is 84.1 Å². The molecule has 0 spiro atoms. The molecule has 0 saturated carbocycles. The molecular formula is C36H36N3O4PS. The van der Waals surface area contributed by atoms with Gasteiger partial charge in [0, 0.05) is 40.0 Å². The lowest BCUT2D eigenvalue weighted by atomic mass is 9.91. The van der Waals surface area contributed by atoms with Gasteiger partial charge in [0.2, 0.25) is 6.29 Å². The number of nitrogens with zero attached hydrogens (tertiary/aromatic N) is 3. The van der Waals surface area contributed by atoms with Crippen LogP contribution in [0.15, 0.2) is 72.9 Å². The average molecular weight is 638 g/mol. The number of thiazole rings is 1. The fourth-order valence-corrected chi connectivity index (χ4v) is 7.43. The molecule has 7 rings (SSSR count). The van der Waals surface area contributed by atoms with E-state index < -0.39 is 0 Å².